The van der Waals surface area contributed by atoms with Crippen molar-refractivity contribution in [1.82, 2.24) is 5.32 Å². The number of carboxylic acids is 1. The minimum Gasteiger partial charge on any atom is -0.508 e. The van der Waals surface area contributed by atoms with Gasteiger partial charge in [0.1, 0.15) is 11.8 Å². The quantitative estimate of drug-likeness (QED) is 0.485. The Hall–Kier alpha value is -3.22. The Morgan fingerprint density at radius 2 is 1.56 bits per heavy atom. The number of benzene rings is 2. The zero-order valence-electron chi connectivity index (χ0n) is 13.3. The van der Waals surface area contributed by atoms with Gasteiger partial charge in [-0.1, -0.05) is 18.2 Å². The summed E-state index contributed by atoms with van der Waals surface area (Å²) in [6.07, 6.45) is 0.441. The van der Waals surface area contributed by atoms with E-state index < -0.39 is 17.9 Å². The maximum Gasteiger partial charge on any atom is 0.326 e. The molecule has 2 aromatic rings. The molecule has 0 heterocycles. The number of phenols is 3. The first-order chi connectivity index (χ1) is 11.8. The van der Waals surface area contributed by atoms with Crippen molar-refractivity contribution in [2.75, 3.05) is 0 Å². The number of rotatable bonds is 7. The number of carbonyl (C=O) groups excluding carboxylic acids is 1. The SMILES string of the molecule is O=C(CCc1ccc(O)c(O)c1)N[C@@H](Cc1ccc(O)cc1)C(=O)O. The average molecular weight is 345 g/mol. The number of hydrogen-bond acceptors (Lipinski definition) is 5. The zero-order chi connectivity index (χ0) is 18.4. The molecule has 1 amide bonds. The van der Waals surface area contributed by atoms with Crippen molar-refractivity contribution in [2.45, 2.75) is 25.3 Å². The molecule has 0 bridgehead atoms. The Labute approximate surface area is 144 Å². The molecule has 1 atom stereocenters. The van der Waals surface area contributed by atoms with E-state index in [2.05, 4.69) is 5.32 Å². The fraction of sp³-hybridized carbons (Fsp3) is 0.222. The third-order valence-corrected chi connectivity index (χ3v) is 3.69. The minimum absolute atomic E-state index is 0.0452. The lowest BCUT2D eigenvalue weighted by molar-refractivity contribution is -0.141. The lowest BCUT2D eigenvalue weighted by Crippen LogP contribution is -2.42. The second-order valence-corrected chi connectivity index (χ2v) is 5.65. The van der Waals surface area contributed by atoms with Crippen LogP contribution in [0.15, 0.2) is 42.5 Å². The van der Waals surface area contributed by atoms with Gasteiger partial charge in [-0.25, -0.2) is 4.79 Å². The van der Waals surface area contributed by atoms with Crippen LogP contribution in [-0.4, -0.2) is 38.3 Å². The molecule has 0 aliphatic heterocycles. The fourth-order valence-electron chi connectivity index (χ4n) is 2.32. The van der Waals surface area contributed by atoms with Gasteiger partial charge in [0.2, 0.25) is 5.91 Å². The van der Waals surface area contributed by atoms with Crippen LogP contribution in [0.5, 0.6) is 17.2 Å². The summed E-state index contributed by atoms with van der Waals surface area (Å²) in [5.74, 6) is -2.01. The molecule has 132 valence electrons. The molecule has 0 aliphatic carbocycles. The molecule has 0 unspecified atom stereocenters. The number of aryl methyl sites for hydroxylation is 1. The summed E-state index contributed by atoms with van der Waals surface area (Å²) in [4.78, 5) is 23.3. The van der Waals surface area contributed by atoms with Gasteiger partial charge in [0, 0.05) is 12.8 Å². The molecule has 7 nitrogen and oxygen atoms in total. The van der Waals surface area contributed by atoms with E-state index in [1.165, 1.54) is 24.3 Å². The van der Waals surface area contributed by atoms with Gasteiger partial charge in [0.25, 0.3) is 0 Å². The number of amides is 1. The van der Waals surface area contributed by atoms with Crippen LogP contribution in [0.3, 0.4) is 0 Å². The van der Waals surface area contributed by atoms with Crippen LogP contribution < -0.4 is 5.32 Å². The summed E-state index contributed by atoms with van der Waals surface area (Å²) < 4.78 is 0. The summed E-state index contributed by atoms with van der Waals surface area (Å²) in [5, 5.41) is 39.6. The predicted molar refractivity (Wildman–Crippen MR) is 89.5 cm³/mol. The van der Waals surface area contributed by atoms with E-state index in [4.69, 9.17) is 0 Å². The standard InChI is InChI=1S/C18H19NO6/c20-13-5-1-11(2-6-13)9-14(18(24)25)19-17(23)8-4-12-3-7-15(21)16(22)10-12/h1-3,5-7,10,14,20-22H,4,8-9H2,(H,19,23)(H,24,25)/t14-/m0/s1. The van der Waals surface area contributed by atoms with E-state index >= 15 is 0 Å². The molecule has 2 aromatic carbocycles. The van der Waals surface area contributed by atoms with E-state index in [1.54, 1.807) is 18.2 Å². The molecule has 0 aliphatic rings. The number of carbonyl (C=O) groups is 2. The second-order valence-electron chi connectivity index (χ2n) is 5.65. The van der Waals surface area contributed by atoms with Crippen molar-refractivity contribution in [2.24, 2.45) is 0 Å². The Morgan fingerprint density at radius 1 is 0.920 bits per heavy atom. The highest BCUT2D eigenvalue weighted by Crippen LogP contribution is 2.25. The third kappa shape index (κ3) is 5.42. The molecule has 5 N–H and O–H groups in total. The molecule has 0 saturated heterocycles. The van der Waals surface area contributed by atoms with Crippen LogP contribution in [0, 0.1) is 0 Å². The van der Waals surface area contributed by atoms with E-state index in [1.807, 2.05) is 0 Å². The third-order valence-electron chi connectivity index (χ3n) is 3.69. The van der Waals surface area contributed by atoms with Crippen molar-refractivity contribution in [3.63, 3.8) is 0 Å². The largest absolute Gasteiger partial charge is 0.508 e. The molecular formula is C18H19NO6. The lowest BCUT2D eigenvalue weighted by Gasteiger charge is -2.15. The van der Waals surface area contributed by atoms with Gasteiger partial charge in [-0.05, 0) is 41.8 Å². The van der Waals surface area contributed by atoms with Crippen LogP contribution in [0.4, 0.5) is 0 Å². The van der Waals surface area contributed by atoms with Gasteiger partial charge in [0.05, 0.1) is 0 Å². The van der Waals surface area contributed by atoms with Gasteiger partial charge < -0.3 is 25.7 Å². The average Bonchev–Trinajstić information content (AvgIpc) is 2.57. The monoisotopic (exact) mass is 345 g/mol. The normalized spacial score (nSPS) is 11.7. The summed E-state index contributed by atoms with van der Waals surface area (Å²) in [7, 11) is 0. The van der Waals surface area contributed by atoms with Crippen LogP contribution in [0.1, 0.15) is 17.5 Å². The van der Waals surface area contributed by atoms with E-state index in [0.717, 1.165) is 0 Å². The van der Waals surface area contributed by atoms with Crippen molar-refractivity contribution < 1.29 is 30.0 Å². The van der Waals surface area contributed by atoms with Crippen molar-refractivity contribution in [3.05, 3.63) is 53.6 Å². The van der Waals surface area contributed by atoms with Gasteiger partial charge in [-0.2, -0.15) is 0 Å². The number of carboxylic acid groups (broad SMARTS) is 1. The van der Waals surface area contributed by atoms with E-state index in [-0.39, 0.29) is 30.1 Å². The number of aliphatic carboxylic acids is 1. The zero-order valence-corrected chi connectivity index (χ0v) is 13.3. The van der Waals surface area contributed by atoms with E-state index in [0.29, 0.717) is 17.5 Å². The van der Waals surface area contributed by atoms with Gasteiger partial charge in [0.15, 0.2) is 11.5 Å². The second kappa shape index (κ2) is 8.05. The van der Waals surface area contributed by atoms with Crippen LogP contribution in [0.2, 0.25) is 0 Å². The smallest absolute Gasteiger partial charge is 0.326 e. The maximum atomic E-state index is 12.0. The van der Waals surface area contributed by atoms with Crippen molar-refractivity contribution >= 4 is 11.9 Å². The van der Waals surface area contributed by atoms with Gasteiger partial charge in [-0.15, -0.1) is 0 Å². The predicted octanol–water partition coefficient (Wildman–Crippen LogP) is 1.55. The van der Waals surface area contributed by atoms with Crippen LogP contribution in [0.25, 0.3) is 0 Å². The molecule has 0 fully saturated rings. The Bertz CT molecular complexity index is 757. The highest BCUT2D eigenvalue weighted by atomic mass is 16.4. The minimum atomic E-state index is -1.15. The fourth-order valence-corrected chi connectivity index (χ4v) is 2.32. The molecule has 0 spiro atoms. The first-order valence-electron chi connectivity index (χ1n) is 7.66. The summed E-state index contributed by atoms with van der Waals surface area (Å²) in [6, 6.07) is 9.27. The first kappa shape index (κ1) is 18.1. The Kier molecular flexibility index (Phi) is 5.84. The summed E-state index contributed by atoms with van der Waals surface area (Å²) in [6.45, 7) is 0. The van der Waals surface area contributed by atoms with Gasteiger partial charge in [-0.3, -0.25) is 4.79 Å². The highest BCUT2D eigenvalue weighted by Gasteiger charge is 2.20. The molecule has 0 radical (unpaired) electrons. The molecule has 0 aromatic heterocycles. The Balaban J connectivity index is 1.92. The first-order valence-corrected chi connectivity index (χ1v) is 7.66. The van der Waals surface area contributed by atoms with Crippen molar-refractivity contribution in [1.29, 1.82) is 0 Å². The summed E-state index contributed by atoms with van der Waals surface area (Å²) in [5.41, 5.74) is 1.32. The Morgan fingerprint density at radius 3 is 2.16 bits per heavy atom. The molecule has 25 heavy (non-hydrogen) atoms. The number of nitrogens with one attached hydrogen (secondary N) is 1. The number of hydrogen-bond donors (Lipinski definition) is 5. The lowest BCUT2D eigenvalue weighted by atomic mass is 10.0. The van der Waals surface area contributed by atoms with Crippen LogP contribution in [-0.2, 0) is 22.4 Å². The molecule has 2 rings (SSSR count). The van der Waals surface area contributed by atoms with E-state index in [9.17, 15) is 30.0 Å². The summed E-state index contributed by atoms with van der Waals surface area (Å²) >= 11 is 0. The topological polar surface area (TPSA) is 127 Å². The van der Waals surface area contributed by atoms with Crippen molar-refractivity contribution in [3.8, 4) is 17.2 Å². The number of aromatic hydroxyl groups is 3. The maximum absolute atomic E-state index is 12.0. The molecular weight excluding hydrogens is 326 g/mol. The number of phenolic OH excluding ortho intramolecular Hbond substituents is 3. The molecule has 0 saturated carbocycles. The van der Waals surface area contributed by atoms with Crippen LogP contribution >= 0.6 is 0 Å². The highest BCUT2D eigenvalue weighted by molar-refractivity contribution is 5.83. The molecule has 7 heteroatoms. The van der Waals surface area contributed by atoms with Gasteiger partial charge >= 0.3 is 5.97 Å².